The second-order valence-corrected chi connectivity index (χ2v) is 5.38. The number of ether oxygens (including phenoxy) is 1. The maximum Gasteiger partial charge on any atom is 0.236 e. The summed E-state index contributed by atoms with van der Waals surface area (Å²) in [5.74, 6) is 1.54. The van der Waals surface area contributed by atoms with E-state index in [1.807, 2.05) is 37.3 Å². The summed E-state index contributed by atoms with van der Waals surface area (Å²) in [7, 11) is 4.13. The number of nitrogens with zero attached hydrogens (tertiary/aromatic N) is 2. The van der Waals surface area contributed by atoms with Gasteiger partial charge in [0.2, 0.25) is 17.5 Å². The molecule has 0 aliphatic carbocycles. The number of likely N-dealkylation sites (N-methyl/N-ethyl adjacent to an activating group) is 1. The first-order valence-corrected chi connectivity index (χ1v) is 7.20. The van der Waals surface area contributed by atoms with Gasteiger partial charge < -0.3 is 19.4 Å². The molecular weight excluding hydrogens is 280 g/mol. The third-order valence-electron chi connectivity index (χ3n) is 3.07. The molecule has 0 saturated carbocycles. The van der Waals surface area contributed by atoms with Crippen LogP contribution in [0.1, 0.15) is 17.1 Å². The molecule has 0 unspecified atom stereocenters. The van der Waals surface area contributed by atoms with Crippen LogP contribution in [0.2, 0.25) is 0 Å². The van der Waals surface area contributed by atoms with Crippen molar-refractivity contribution in [2.24, 2.45) is 0 Å². The van der Waals surface area contributed by atoms with Crippen molar-refractivity contribution in [2.45, 2.75) is 13.5 Å². The van der Waals surface area contributed by atoms with E-state index in [1.54, 1.807) is 0 Å². The Labute approximate surface area is 130 Å². The lowest BCUT2D eigenvalue weighted by molar-refractivity contribution is -0.856. The lowest BCUT2D eigenvalue weighted by Crippen LogP contribution is -3.06. The minimum Gasteiger partial charge on any atom is -0.484 e. The number of benzene rings is 1. The number of anilines is 1. The molecule has 6 heteroatoms. The van der Waals surface area contributed by atoms with E-state index in [-0.39, 0.29) is 12.3 Å². The third-order valence-corrected chi connectivity index (χ3v) is 3.07. The summed E-state index contributed by atoms with van der Waals surface area (Å²) in [5.41, 5.74) is 1.43. The average Bonchev–Trinajstić information content (AvgIpc) is 2.89. The number of aromatic nitrogens is 1. The van der Waals surface area contributed by atoms with E-state index in [2.05, 4.69) is 24.4 Å². The molecule has 1 aromatic heterocycles. The first-order valence-electron chi connectivity index (χ1n) is 7.20. The molecule has 22 heavy (non-hydrogen) atoms. The van der Waals surface area contributed by atoms with Gasteiger partial charge in [-0.05, 0) is 19.1 Å². The molecule has 2 aromatic rings. The van der Waals surface area contributed by atoms with E-state index in [0.717, 1.165) is 12.3 Å². The van der Waals surface area contributed by atoms with Crippen molar-refractivity contribution in [1.82, 2.24) is 4.98 Å². The minimum absolute atomic E-state index is 0.193. The number of nitriles is 1. The number of quaternary nitrogens is 1. The Morgan fingerprint density at radius 2 is 2.05 bits per heavy atom. The van der Waals surface area contributed by atoms with Crippen LogP contribution in [-0.4, -0.2) is 32.2 Å². The molecule has 2 rings (SSSR count). The predicted molar refractivity (Wildman–Crippen MR) is 82.9 cm³/mol. The lowest BCUT2D eigenvalue weighted by Gasteiger charge is -2.07. The SMILES string of the molecule is Cc1ccc(OCc2nc(C#N)c(NCC[NH+](C)C)o2)cc1. The molecule has 0 saturated heterocycles. The second kappa shape index (κ2) is 7.48. The molecule has 1 heterocycles. The summed E-state index contributed by atoms with van der Waals surface area (Å²) in [6.45, 7) is 3.84. The van der Waals surface area contributed by atoms with Gasteiger partial charge >= 0.3 is 0 Å². The fourth-order valence-corrected chi connectivity index (χ4v) is 1.83. The van der Waals surface area contributed by atoms with Crippen LogP contribution in [0.3, 0.4) is 0 Å². The van der Waals surface area contributed by atoms with Gasteiger partial charge in [0.05, 0.1) is 27.2 Å². The van der Waals surface area contributed by atoms with Crippen molar-refractivity contribution < 1.29 is 14.1 Å². The third kappa shape index (κ3) is 4.50. The summed E-state index contributed by atoms with van der Waals surface area (Å²) in [4.78, 5) is 5.45. The van der Waals surface area contributed by atoms with Crippen LogP contribution in [0.4, 0.5) is 5.88 Å². The topological polar surface area (TPSA) is 75.5 Å². The highest BCUT2D eigenvalue weighted by Gasteiger charge is 2.13. The standard InChI is InChI=1S/C16H20N4O2/c1-12-4-6-13(7-5-12)21-11-15-19-14(10-17)16(22-15)18-8-9-20(2)3/h4-7,18H,8-9,11H2,1-3H3/p+1. The first kappa shape index (κ1) is 15.9. The molecule has 0 spiro atoms. The van der Waals surface area contributed by atoms with E-state index in [0.29, 0.717) is 18.3 Å². The Balaban J connectivity index is 1.95. The fourth-order valence-electron chi connectivity index (χ4n) is 1.83. The first-order chi connectivity index (χ1) is 10.6. The molecule has 116 valence electrons. The molecule has 2 N–H and O–H groups in total. The summed E-state index contributed by atoms with van der Waals surface area (Å²) >= 11 is 0. The number of rotatable bonds is 7. The number of aryl methyl sites for hydroxylation is 1. The fraction of sp³-hybridized carbons (Fsp3) is 0.375. The smallest absolute Gasteiger partial charge is 0.236 e. The van der Waals surface area contributed by atoms with Crippen molar-refractivity contribution >= 4 is 5.88 Å². The van der Waals surface area contributed by atoms with E-state index >= 15 is 0 Å². The maximum atomic E-state index is 9.10. The van der Waals surface area contributed by atoms with Crippen molar-refractivity contribution in [2.75, 3.05) is 32.5 Å². The van der Waals surface area contributed by atoms with Gasteiger partial charge in [-0.15, -0.1) is 0 Å². The van der Waals surface area contributed by atoms with E-state index in [1.165, 1.54) is 10.5 Å². The molecular formula is C16H21N4O2+. The number of oxazole rings is 1. The van der Waals surface area contributed by atoms with Crippen molar-refractivity contribution in [1.29, 1.82) is 5.26 Å². The van der Waals surface area contributed by atoms with Crippen molar-refractivity contribution in [3.8, 4) is 11.8 Å². The molecule has 0 aliphatic heterocycles. The zero-order valence-electron chi connectivity index (χ0n) is 13.1. The van der Waals surface area contributed by atoms with Crippen LogP contribution in [-0.2, 0) is 6.61 Å². The van der Waals surface area contributed by atoms with Gasteiger partial charge in [-0.1, -0.05) is 17.7 Å². The number of nitrogens with one attached hydrogen (secondary N) is 2. The van der Waals surface area contributed by atoms with Gasteiger partial charge in [-0.2, -0.15) is 10.2 Å². The Bertz CT molecular complexity index is 641. The molecule has 0 atom stereocenters. The number of hydrogen-bond acceptors (Lipinski definition) is 5. The highest BCUT2D eigenvalue weighted by atomic mass is 16.5. The Morgan fingerprint density at radius 1 is 1.32 bits per heavy atom. The second-order valence-electron chi connectivity index (χ2n) is 5.38. The van der Waals surface area contributed by atoms with Crippen LogP contribution in [0.5, 0.6) is 5.75 Å². The molecule has 0 radical (unpaired) electrons. The monoisotopic (exact) mass is 301 g/mol. The lowest BCUT2D eigenvalue weighted by atomic mass is 10.2. The van der Waals surface area contributed by atoms with E-state index < -0.39 is 0 Å². The highest BCUT2D eigenvalue weighted by molar-refractivity contribution is 5.45. The van der Waals surface area contributed by atoms with Gasteiger partial charge in [0.15, 0.2) is 6.61 Å². The Hall–Kier alpha value is -2.52. The van der Waals surface area contributed by atoms with Crippen LogP contribution in [0.15, 0.2) is 28.7 Å². The Kier molecular flexibility index (Phi) is 5.39. The van der Waals surface area contributed by atoms with Crippen LogP contribution in [0.25, 0.3) is 0 Å². The molecule has 0 amide bonds. The summed E-state index contributed by atoms with van der Waals surface area (Å²) < 4.78 is 11.2. The zero-order chi connectivity index (χ0) is 15.9. The highest BCUT2D eigenvalue weighted by Crippen LogP contribution is 2.18. The maximum absolute atomic E-state index is 9.10. The molecule has 0 bridgehead atoms. The van der Waals surface area contributed by atoms with Crippen molar-refractivity contribution in [3.63, 3.8) is 0 Å². The number of hydrogen-bond donors (Lipinski definition) is 2. The normalized spacial score (nSPS) is 10.5. The van der Waals surface area contributed by atoms with Crippen LogP contribution in [0, 0.1) is 18.3 Å². The quantitative estimate of drug-likeness (QED) is 0.797. The minimum atomic E-state index is 0.193. The van der Waals surface area contributed by atoms with Crippen LogP contribution >= 0.6 is 0 Å². The van der Waals surface area contributed by atoms with Crippen LogP contribution < -0.4 is 15.0 Å². The summed E-state index contributed by atoms with van der Waals surface area (Å²) in [5, 5.41) is 12.2. The zero-order valence-corrected chi connectivity index (χ0v) is 13.1. The Morgan fingerprint density at radius 3 is 2.68 bits per heavy atom. The van der Waals surface area contributed by atoms with E-state index in [4.69, 9.17) is 14.4 Å². The van der Waals surface area contributed by atoms with Gasteiger partial charge in [0.1, 0.15) is 11.8 Å². The van der Waals surface area contributed by atoms with Crippen molar-refractivity contribution in [3.05, 3.63) is 41.4 Å². The summed E-state index contributed by atoms with van der Waals surface area (Å²) in [6, 6.07) is 9.76. The average molecular weight is 301 g/mol. The molecule has 6 nitrogen and oxygen atoms in total. The van der Waals surface area contributed by atoms with Gasteiger partial charge in [-0.3, -0.25) is 0 Å². The molecule has 0 aliphatic rings. The van der Waals surface area contributed by atoms with Gasteiger partial charge in [0, 0.05) is 0 Å². The largest absolute Gasteiger partial charge is 0.484 e. The van der Waals surface area contributed by atoms with Gasteiger partial charge in [-0.25, -0.2) is 0 Å². The summed E-state index contributed by atoms with van der Waals surface area (Å²) in [6.07, 6.45) is 0. The predicted octanol–water partition coefficient (Wildman–Crippen LogP) is 0.990. The van der Waals surface area contributed by atoms with E-state index in [9.17, 15) is 0 Å². The molecule has 0 fully saturated rings. The molecule has 1 aromatic carbocycles. The van der Waals surface area contributed by atoms with Gasteiger partial charge in [0.25, 0.3) is 0 Å².